The minimum Gasteiger partial charge on any atom is -0.508 e. The summed E-state index contributed by atoms with van der Waals surface area (Å²) in [4.78, 5) is 41.0. The molecule has 0 heterocycles. The fourth-order valence-corrected chi connectivity index (χ4v) is 6.61. The number of Topliss-reactive ketones (excluding diaryl/α,β-unsaturated/α-hetero) is 2. The van der Waals surface area contributed by atoms with Crippen LogP contribution in [0.1, 0.15) is 28.2 Å². The van der Waals surface area contributed by atoms with Crippen molar-refractivity contribution in [2.45, 2.75) is 30.1 Å². The number of rotatable bonds is 4. The number of carbonyl (C=O) groups is 3. The van der Waals surface area contributed by atoms with Gasteiger partial charge in [0.15, 0.2) is 11.4 Å². The SMILES string of the molecule is CN(C)C1C(=O)C(C(N)=O)=C(O)C2(O)C(=O)C3=C(O)c4c(O)cccc4C(Cc4ccc(C#N)cc4)C3C(O)C12. The summed E-state index contributed by atoms with van der Waals surface area (Å²) in [7, 11) is 2.90. The fraction of sp³-hybridized carbons (Fsp3) is 0.310. The second-order valence-electron chi connectivity index (χ2n) is 10.6. The molecule has 0 aliphatic heterocycles. The average molecular weight is 546 g/mol. The molecular formula is C29H27N3O8. The van der Waals surface area contributed by atoms with E-state index in [1.807, 2.05) is 6.07 Å². The van der Waals surface area contributed by atoms with Crippen LogP contribution >= 0.6 is 0 Å². The summed E-state index contributed by atoms with van der Waals surface area (Å²) < 4.78 is 0. The highest BCUT2D eigenvalue weighted by Crippen LogP contribution is 2.56. The van der Waals surface area contributed by atoms with Crippen LogP contribution in [-0.4, -0.2) is 79.7 Å². The Kier molecular flexibility index (Phi) is 6.30. The number of carbonyl (C=O) groups excluding carboxylic acids is 3. The van der Waals surface area contributed by atoms with Gasteiger partial charge < -0.3 is 31.3 Å². The number of nitriles is 1. The highest BCUT2D eigenvalue weighted by molar-refractivity contribution is 6.24. The van der Waals surface area contributed by atoms with Crippen LogP contribution in [0.4, 0.5) is 0 Å². The second-order valence-corrected chi connectivity index (χ2v) is 10.6. The molecule has 1 amide bonds. The van der Waals surface area contributed by atoms with Gasteiger partial charge in [-0.25, -0.2) is 0 Å². The van der Waals surface area contributed by atoms with Gasteiger partial charge in [0.1, 0.15) is 22.8 Å². The number of fused-ring (bicyclic) bond motifs is 3. The molecule has 0 saturated heterocycles. The van der Waals surface area contributed by atoms with E-state index in [-0.39, 0.29) is 17.7 Å². The standard InChI is InChI=1S/C29H27N3O8/c1-32(2)22-21-24(35)18-15(10-12-6-8-13(11-30)9-7-12)14-4-3-5-16(33)17(14)23(34)19(18)26(37)29(21,40)27(38)20(25(22)36)28(31)39/h3-9,15,18,21-22,24,33-35,38,40H,10H2,1-2H3,(H2,31,39). The number of ketones is 2. The Bertz CT molecular complexity index is 1570. The molecule has 11 nitrogen and oxygen atoms in total. The molecule has 0 radical (unpaired) electrons. The summed E-state index contributed by atoms with van der Waals surface area (Å²) in [5, 5.41) is 65.9. The average Bonchev–Trinajstić information content (AvgIpc) is 2.90. The van der Waals surface area contributed by atoms with Crippen LogP contribution in [0.3, 0.4) is 0 Å². The lowest BCUT2D eigenvalue weighted by Gasteiger charge is -2.54. The number of phenols is 1. The van der Waals surface area contributed by atoms with Gasteiger partial charge in [-0.1, -0.05) is 24.3 Å². The molecule has 2 aromatic carbocycles. The zero-order valence-corrected chi connectivity index (χ0v) is 21.6. The highest BCUT2D eigenvalue weighted by Gasteiger charge is 2.68. The summed E-state index contributed by atoms with van der Waals surface area (Å²) in [6, 6.07) is 11.7. The van der Waals surface area contributed by atoms with E-state index in [0.29, 0.717) is 16.7 Å². The quantitative estimate of drug-likeness (QED) is 0.295. The molecule has 6 atom stereocenters. The second kappa shape index (κ2) is 9.31. The fourth-order valence-electron chi connectivity index (χ4n) is 6.61. The van der Waals surface area contributed by atoms with Crippen molar-refractivity contribution in [3.8, 4) is 11.8 Å². The van der Waals surface area contributed by atoms with Crippen LogP contribution in [-0.2, 0) is 20.8 Å². The van der Waals surface area contributed by atoms with Gasteiger partial charge in [0.05, 0.1) is 35.3 Å². The Labute approximate surface area is 228 Å². The third kappa shape index (κ3) is 3.57. The zero-order valence-electron chi connectivity index (χ0n) is 21.6. The first-order valence-corrected chi connectivity index (χ1v) is 12.5. The molecule has 11 heteroatoms. The van der Waals surface area contributed by atoms with Crippen molar-refractivity contribution in [2.24, 2.45) is 17.6 Å². The minimum absolute atomic E-state index is 0.0790. The first kappa shape index (κ1) is 27.1. The summed E-state index contributed by atoms with van der Waals surface area (Å²) in [5.74, 6) is -9.50. The number of hydrogen-bond donors (Lipinski definition) is 6. The molecule has 0 spiro atoms. The van der Waals surface area contributed by atoms with Crippen molar-refractivity contribution in [1.82, 2.24) is 4.90 Å². The smallest absolute Gasteiger partial charge is 0.255 e. The maximum absolute atomic E-state index is 14.2. The number of aromatic hydroxyl groups is 1. The summed E-state index contributed by atoms with van der Waals surface area (Å²) in [6.07, 6.45) is -1.53. The number of primary amides is 1. The summed E-state index contributed by atoms with van der Waals surface area (Å²) >= 11 is 0. The molecular weight excluding hydrogens is 518 g/mol. The number of phenolic OH excluding ortho intramolecular Hbond substituents is 1. The molecule has 2 aromatic rings. The van der Waals surface area contributed by atoms with Crippen molar-refractivity contribution in [2.75, 3.05) is 14.1 Å². The number of aliphatic hydroxyl groups is 4. The van der Waals surface area contributed by atoms with Crippen LogP contribution in [0, 0.1) is 23.2 Å². The molecule has 0 bridgehead atoms. The van der Waals surface area contributed by atoms with Crippen LogP contribution in [0.2, 0.25) is 0 Å². The van der Waals surface area contributed by atoms with Gasteiger partial charge in [-0.2, -0.15) is 5.26 Å². The van der Waals surface area contributed by atoms with Gasteiger partial charge in [-0.3, -0.25) is 19.3 Å². The Morgan fingerprint density at radius 1 is 1.10 bits per heavy atom. The topological polar surface area (TPSA) is 205 Å². The van der Waals surface area contributed by atoms with Crippen molar-refractivity contribution < 1.29 is 39.9 Å². The first-order valence-electron chi connectivity index (χ1n) is 12.5. The zero-order chi connectivity index (χ0) is 29.3. The Morgan fingerprint density at radius 3 is 2.33 bits per heavy atom. The molecule has 206 valence electrons. The van der Waals surface area contributed by atoms with Crippen LogP contribution in [0.15, 0.2) is 59.4 Å². The molecule has 0 aromatic heterocycles. The monoisotopic (exact) mass is 545 g/mol. The summed E-state index contributed by atoms with van der Waals surface area (Å²) in [6.45, 7) is 0. The molecule has 3 aliphatic carbocycles. The number of nitrogens with zero attached hydrogens (tertiary/aromatic N) is 2. The van der Waals surface area contributed by atoms with Gasteiger partial charge >= 0.3 is 0 Å². The Hall–Kier alpha value is -4.50. The van der Waals surface area contributed by atoms with Crippen LogP contribution in [0.25, 0.3) is 5.76 Å². The Morgan fingerprint density at radius 2 is 1.75 bits per heavy atom. The number of benzene rings is 2. The normalized spacial score (nSPS) is 29.6. The third-order valence-corrected chi connectivity index (χ3v) is 8.34. The van der Waals surface area contributed by atoms with Gasteiger partial charge in [-0.05, 0) is 55.8 Å². The van der Waals surface area contributed by atoms with E-state index in [4.69, 9.17) is 11.0 Å². The van der Waals surface area contributed by atoms with E-state index >= 15 is 0 Å². The molecule has 5 rings (SSSR count). The van der Waals surface area contributed by atoms with Crippen molar-refractivity contribution in [1.29, 1.82) is 5.26 Å². The first-order chi connectivity index (χ1) is 18.9. The van der Waals surface area contributed by atoms with E-state index in [1.54, 1.807) is 36.4 Å². The number of amides is 1. The Balaban J connectivity index is 1.78. The van der Waals surface area contributed by atoms with Gasteiger partial charge in [-0.15, -0.1) is 0 Å². The minimum atomic E-state index is -2.98. The lowest BCUT2D eigenvalue weighted by Crippen LogP contribution is -2.70. The summed E-state index contributed by atoms with van der Waals surface area (Å²) in [5.41, 5.74) is 2.40. The largest absolute Gasteiger partial charge is 0.508 e. The van der Waals surface area contributed by atoms with Gasteiger partial charge in [0, 0.05) is 11.5 Å². The predicted octanol–water partition coefficient (Wildman–Crippen LogP) is 0.590. The number of aliphatic hydroxyl groups excluding tert-OH is 3. The van der Waals surface area contributed by atoms with Crippen LogP contribution in [0.5, 0.6) is 5.75 Å². The van der Waals surface area contributed by atoms with Crippen LogP contribution < -0.4 is 5.73 Å². The third-order valence-electron chi connectivity index (χ3n) is 8.34. The number of hydrogen-bond acceptors (Lipinski definition) is 10. The molecule has 6 unspecified atom stereocenters. The van der Waals surface area contributed by atoms with Crippen molar-refractivity contribution in [3.05, 3.63) is 81.6 Å². The lowest BCUT2D eigenvalue weighted by atomic mass is 9.53. The van der Waals surface area contributed by atoms with E-state index < -0.39 is 75.6 Å². The van der Waals surface area contributed by atoms with Gasteiger partial charge in [0.25, 0.3) is 5.91 Å². The van der Waals surface area contributed by atoms with E-state index in [1.165, 1.54) is 25.1 Å². The molecule has 7 N–H and O–H groups in total. The number of likely N-dealkylation sites (N-methyl/N-ethyl adjacent to an activating group) is 1. The molecule has 40 heavy (non-hydrogen) atoms. The van der Waals surface area contributed by atoms with E-state index in [9.17, 15) is 39.9 Å². The van der Waals surface area contributed by atoms with Crippen molar-refractivity contribution in [3.63, 3.8) is 0 Å². The lowest BCUT2D eigenvalue weighted by molar-refractivity contribution is -0.169. The van der Waals surface area contributed by atoms with Crippen molar-refractivity contribution >= 4 is 23.2 Å². The van der Waals surface area contributed by atoms with Gasteiger partial charge in [0.2, 0.25) is 5.78 Å². The molecule has 1 fully saturated rings. The maximum Gasteiger partial charge on any atom is 0.255 e. The predicted molar refractivity (Wildman–Crippen MR) is 140 cm³/mol. The van der Waals surface area contributed by atoms with E-state index in [2.05, 4.69) is 0 Å². The van der Waals surface area contributed by atoms with E-state index in [0.717, 1.165) is 0 Å². The molecule has 1 saturated carbocycles. The highest BCUT2D eigenvalue weighted by atomic mass is 16.4. The number of nitrogens with two attached hydrogens (primary N) is 1. The maximum atomic E-state index is 14.2. The molecule has 3 aliphatic rings.